The predicted molar refractivity (Wildman–Crippen MR) is 46.9 cm³/mol. The minimum atomic E-state index is -1.15. The number of carbonyl (C=O) groups is 1. The van der Waals surface area contributed by atoms with Gasteiger partial charge < -0.3 is 10.2 Å². The number of aromatic nitrogens is 2. The number of aliphatic hydroxyl groups is 1. The molecule has 1 aromatic heterocycles. The number of hydrogen-bond acceptors (Lipinski definition) is 4. The first-order valence-electron chi connectivity index (χ1n) is 3.47. The maximum atomic E-state index is 10.2. The molecule has 0 saturated carbocycles. The van der Waals surface area contributed by atoms with Crippen molar-refractivity contribution in [2.45, 2.75) is 12.5 Å². The molecule has 1 atom stereocenters. The normalized spacial score (nSPS) is 12.5. The van der Waals surface area contributed by atoms with Crippen molar-refractivity contribution in [3.63, 3.8) is 0 Å². The van der Waals surface area contributed by atoms with Crippen molar-refractivity contribution in [1.29, 1.82) is 0 Å². The molecule has 6 heteroatoms. The molecule has 0 aliphatic rings. The van der Waals surface area contributed by atoms with Crippen LogP contribution in [-0.2, 0) is 4.79 Å². The third-order valence-electron chi connectivity index (χ3n) is 1.31. The minimum Gasteiger partial charge on any atom is -0.481 e. The van der Waals surface area contributed by atoms with E-state index in [1.165, 1.54) is 12.4 Å². The minimum absolute atomic E-state index is 0.116. The smallest absolute Gasteiger partial charge is 0.306 e. The largest absolute Gasteiger partial charge is 0.481 e. The van der Waals surface area contributed by atoms with Gasteiger partial charge in [-0.2, -0.15) is 0 Å². The van der Waals surface area contributed by atoms with Gasteiger partial charge in [-0.3, -0.25) is 4.79 Å². The van der Waals surface area contributed by atoms with Crippen molar-refractivity contribution in [2.24, 2.45) is 0 Å². The Morgan fingerprint density at radius 1 is 1.54 bits per heavy atom. The van der Waals surface area contributed by atoms with Crippen LogP contribution in [0.3, 0.4) is 0 Å². The van der Waals surface area contributed by atoms with E-state index in [-0.39, 0.29) is 12.2 Å². The molecule has 0 fully saturated rings. The third kappa shape index (κ3) is 3.08. The quantitative estimate of drug-likeness (QED) is 0.823. The molecular weight excluding hydrogens is 240 g/mol. The zero-order valence-electron chi connectivity index (χ0n) is 6.51. The first kappa shape index (κ1) is 10.1. The summed E-state index contributed by atoms with van der Waals surface area (Å²) >= 11 is 3.12. The molecule has 2 N–H and O–H groups in total. The van der Waals surface area contributed by atoms with Crippen molar-refractivity contribution in [3.05, 3.63) is 22.7 Å². The standard InChI is InChI=1S/C7H7BrN2O3/c8-4-2-9-7(10-3-4)5(11)1-6(12)13/h2-3,5,11H,1H2,(H,12,13)/t5-/m1/s1. The SMILES string of the molecule is O=C(O)C[C@@H](O)c1ncc(Br)cn1. The second kappa shape index (κ2) is 4.29. The van der Waals surface area contributed by atoms with E-state index < -0.39 is 12.1 Å². The van der Waals surface area contributed by atoms with Gasteiger partial charge in [-0.1, -0.05) is 0 Å². The Labute approximate surface area is 82.6 Å². The van der Waals surface area contributed by atoms with Crippen molar-refractivity contribution < 1.29 is 15.0 Å². The first-order valence-corrected chi connectivity index (χ1v) is 4.26. The predicted octanol–water partition coefficient (Wildman–Crippen LogP) is 0.747. The van der Waals surface area contributed by atoms with Gasteiger partial charge >= 0.3 is 5.97 Å². The van der Waals surface area contributed by atoms with Crippen LogP contribution in [-0.4, -0.2) is 26.2 Å². The average molecular weight is 247 g/mol. The van der Waals surface area contributed by atoms with E-state index in [1.807, 2.05) is 0 Å². The van der Waals surface area contributed by atoms with Crippen LogP contribution in [0.15, 0.2) is 16.9 Å². The Kier molecular flexibility index (Phi) is 3.32. The van der Waals surface area contributed by atoms with E-state index in [0.717, 1.165) is 0 Å². The van der Waals surface area contributed by atoms with Gasteiger partial charge in [-0.25, -0.2) is 9.97 Å². The molecule has 0 amide bonds. The fourth-order valence-corrected chi connectivity index (χ4v) is 0.956. The van der Waals surface area contributed by atoms with Crippen molar-refractivity contribution in [2.75, 3.05) is 0 Å². The van der Waals surface area contributed by atoms with Crippen molar-refractivity contribution >= 4 is 21.9 Å². The highest BCUT2D eigenvalue weighted by atomic mass is 79.9. The Bertz CT molecular complexity index is 301. The molecule has 0 radical (unpaired) electrons. The summed E-state index contributed by atoms with van der Waals surface area (Å²) in [6.07, 6.45) is 1.37. The van der Waals surface area contributed by atoms with E-state index in [9.17, 15) is 9.90 Å². The van der Waals surface area contributed by atoms with Crippen LogP contribution in [0.1, 0.15) is 18.3 Å². The number of hydrogen-bond donors (Lipinski definition) is 2. The molecule has 1 aromatic rings. The topological polar surface area (TPSA) is 83.3 Å². The Hall–Kier alpha value is -1.01. The van der Waals surface area contributed by atoms with Crippen LogP contribution in [0.25, 0.3) is 0 Å². The molecule has 1 heterocycles. The number of halogens is 1. The second-order valence-electron chi connectivity index (χ2n) is 2.37. The van der Waals surface area contributed by atoms with Crippen LogP contribution in [0.4, 0.5) is 0 Å². The summed E-state index contributed by atoms with van der Waals surface area (Å²) in [7, 11) is 0. The lowest BCUT2D eigenvalue weighted by Gasteiger charge is -2.04. The highest BCUT2D eigenvalue weighted by Gasteiger charge is 2.14. The number of aliphatic hydroxyl groups excluding tert-OH is 1. The lowest BCUT2D eigenvalue weighted by atomic mass is 10.2. The number of carboxylic acid groups (broad SMARTS) is 1. The second-order valence-corrected chi connectivity index (χ2v) is 3.29. The molecule has 0 spiro atoms. The summed E-state index contributed by atoms with van der Waals surface area (Å²) in [6.45, 7) is 0. The third-order valence-corrected chi connectivity index (χ3v) is 1.72. The molecule has 1 rings (SSSR count). The zero-order valence-corrected chi connectivity index (χ0v) is 8.10. The highest BCUT2D eigenvalue weighted by Crippen LogP contribution is 2.13. The number of rotatable bonds is 3. The molecule has 70 valence electrons. The summed E-state index contributed by atoms with van der Waals surface area (Å²) in [6, 6.07) is 0. The van der Waals surface area contributed by atoms with Crippen LogP contribution >= 0.6 is 15.9 Å². The van der Waals surface area contributed by atoms with Crippen molar-refractivity contribution in [3.8, 4) is 0 Å². The van der Waals surface area contributed by atoms with Gasteiger partial charge in [0.2, 0.25) is 0 Å². The molecule has 13 heavy (non-hydrogen) atoms. The van der Waals surface area contributed by atoms with Crippen LogP contribution in [0.5, 0.6) is 0 Å². The van der Waals surface area contributed by atoms with E-state index >= 15 is 0 Å². The average Bonchev–Trinajstić information content (AvgIpc) is 2.04. The summed E-state index contributed by atoms with van der Waals surface area (Å²) in [5.74, 6) is -0.968. The van der Waals surface area contributed by atoms with Gasteiger partial charge in [-0.15, -0.1) is 0 Å². The van der Waals surface area contributed by atoms with Gasteiger partial charge in [0.1, 0.15) is 6.10 Å². The fraction of sp³-hybridized carbons (Fsp3) is 0.286. The zero-order chi connectivity index (χ0) is 9.84. The summed E-state index contributed by atoms with van der Waals surface area (Å²) in [5.41, 5.74) is 0. The monoisotopic (exact) mass is 246 g/mol. The van der Waals surface area contributed by atoms with Crippen LogP contribution in [0, 0.1) is 0 Å². The maximum absolute atomic E-state index is 10.2. The van der Waals surface area contributed by atoms with Gasteiger partial charge in [0.05, 0.1) is 10.9 Å². The molecular formula is C7H7BrN2O3. The van der Waals surface area contributed by atoms with E-state index in [2.05, 4.69) is 25.9 Å². The molecule has 0 unspecified atom stereocenters. The molecule has 0 aliphatic carbocycles. The molecule has 5 nitrogen and oxygen atoms in total. The summed E-state index contributed by atoms with van der Waals surface area (Å²) in [5, 5.41) is 17.6. The van der Waals surface area contributed by atoms with E-state index in [1.54, 1.807) is 0 Å². The highest BCUT2D eigenvalue weighted by molar-refractivity contribution is 9.10. The Balaban J connectivity index is 2.71. The lowest BCUT2D eigenvalue weighted by molar-refractivity contribution is -0.139. The summed E-state index contributed by atoms with van der Waals surface area (Å²) in [4.78, 5) is 17.7. The maximum Gasteiger partial charge on any atom is 0.306 e. The Morgan fingerprint density at radius 2 is 2.08 bits per heavy atom. The van der Waals surface area contributed by atoms with Gasteiger partial charge in [0.15, 0.2) is 5.82 Å². The first-order chi connectivity index (χ1) is 6.09. The lowest BCUT2D eigenvalue weighted by Crippen LogP contribution is -2.08. The number of aliphatic carboxylic acids is 1. The molecule has 0 bridgehead atoms. The van der Waals surface area contributed by atoms with Gasteiger partial charge in [0.25, 0.3) is 0 Å². The van der Waals surface area contributed by atoms with Crippen molar-refractivity contribution in [1.82, 2.24) is 9.97 Å². The van der Waals surface area contributed by atoms with E-state index in [4.69, 9.17) is 5.11 Å². The van der Waals surface area contributed by atoms with Crippen LogP contribution < -0.4 is 0 Å². The molecule has 0 aromatic carbocycles. The Morgan fingerprint density at radius 3 is 2.54 bits per heavy atom. The number of carboxylic acids is 1. The molecule has 0 saturated heterocycles. The number of nitrogens with zero attached hydrogens (tertiary/aromatic N) is 2. The van der Waals surface area contributed by atoms with Gasteiger partial charge in [-0.05, 0) is 15.9 Å². The fourth-order valence-electron chi connectivity index (χ4n) is 0.751. The van der Waals surface area contributed by atoms with Crippen LogP contribution in [0.2, 0.25) is 0 Å². The van der Waals surface area contributed by atoms with Gasteiger partial charge in [0, 0.05) is 12.4 Å². The summed E-state index contributed by atoms with van der Waals surface area (Å²) < 4.78 is 0.679. The van der Waals surface area contributed by atoms with E-state index in [0.29, 0.717) is 4.47 Å². The molecule has 0 aliphatic heterocycles.